The van der Waals surface area contributed by atoms with Crippen LogP contribution in [0, 0.1) is 17.7 Å². The fourth-order valence-corrected chi connectivity index (χ4v) is 6.17. The molecule has 0 unspecified atom stereocenters. The van der Waals surface area contributed by atoms with E-state index >= 15 is 0 Å². The van der Waals surface area contributed by atoms with Crippen molar-refractivity contribution in [3.05, 3.63) is 35.6 Å². The van der Waals surface area contributed by atoms with Gasteiger partial charge in [-0.05, 0) is 55.1 Å². The van der Waals surface area contributed by atoms with E-state index in [0.29, 0.717) is 18.9 Å². The molecule has 1 aromatic carbocycles. The van der Waals surface area contributed by atoms with Crippen molar-refractivity contribution in [2.24, 2.45) is 11.8 Å². The maximum absolute atomic E-state index is 13.3. The topological polar surface area (TPSA) is 53.0 Å². The smallest absolute Gasteiger partial charge is 0.311 e. The van der Waals surface area contributed by atoms with Gasteiger partial charge in [0.25, 0.3) is 0 Å². The lowest BCUT2D eigenvalue weighted by Gasteiger charge is -2.49. The monoisotopic (exact) mass is 418 g/mol. The molecule has 1 N–H and O–H groups in total. The zero-order valence-electron chi connectivity index (χ0n) is 16.4. The average molecular weight is 419 g/mol. The van der Waals surface area contributed by atoms with Crippen molar-refractivity contribution in [3.8, 4) is 0 Å². The Morgan fingerprint density at radius 2 is 1.83 bits per heavy atom. The van der Waals surface area contributed by atoms with E-state index in [4.69, 9.17) is 17.0 Å². The Balaban J connectivity index is 1.45. The molecule has 0 amide bonds. The molecule has 3 heterocycles. The van der Waals surface area contributed by atoms with Gasteiger partial charge in [0.2, 0.25) is 0 Å². The summed E-state index contributed by atoms with van der Waals surface area (Å²) in [4.78, 5) is 16.9. The molecule has 5 aliphatic rings. The van der Waals surface area contributed by atoms with Crippen LogP contribution < -0.4 is 0 Å². The molecule has 29 heavy (non-hydrogen) atoms. The van der Waals surface area contributed by atoms with Crippen LogP contribution in [0.2, 0.25) is 0 Å². The van der Waals surface area contributed by atoms with Gasteiger partial charge in [-0.3, -0.25) is 4.79 Å². The molecule has 3 aliphatic heterocycles. The van der Waals surface area contributed by atoms with Gasteiger partial charge in [0.05, 0.1) is 24.1 Å². The van der Waals surface area contributed by atoms with Gasteiger partial charge < -0.3 is 19.6 Å². The number of carbonyl (C=O) groups excluding carboxylic acids is 1. The minimum Gasteiger partial charge on any atom is -0.457 e. The van der Waals surface area contributed by atoms with Crippen molar-refractivity contribution in [3.63, 3.8) is 0 Å². The van der Waals surface area contributed by atoms with Crippen molar-refractivity contribution in [1.29, 1.82) is 0 Å². The third-order valence-electron chi connectivity index (χ3n) is 7.19. The number of aliphatic hydroxyl groups excluding tert-OH is 1. The van der Waals surface area contributed by atoms with Crippen LogP contribution in [0.1, 0.15) is 44.1 Å². The Labute approximate surface area is 175 Å². The molecule has 1 aromatic rings. The second-order valence-electron chi connectivity index (χ2n) is 8.99. The van der Waals surface area contributed by atoms with Gasteiger partial charge in [0.15, 0.2) is 5.11 Å². The molecular formula is C22H27FN2O3S. The summed E-state index contributed by atoms with van der Waals surface area (Å²) in [5.41, 5.74) is 0.953. The van der Waals surface area contributed by atoms with E-state index in [1.54, 1.807) is 12.1 Å². The van der Waals surface area contributed by atoms with E-state index in [2.05, 4.69) is 9.80 Å². The number of hydrogen-bond donors (Lipinski definition) is 1. The standard InChI is InChI=1S/C22H27FN2O3S/c23-15-8-6-14(7-9-15)12-25-19-18(16-10-17(26)20(19)28-21(16)27)24(22(25)29)11-13-4-2-1-3-5-13/h6-9,13,16-20,26H,1-5,10-12H2/t16-,17+,18+,19+,20-/m0/s1. The normalized spacial score (nSPS) is 34.5. The summed E-state index contributed by atoms with van der Waals surface area (Å²) >= 11 is 5.91. The largest absolute Gasteiger partial charge is 0.457 e. The third kappa shape index (κ3) is 3.32. The average Bonchev–Trinajstić information content (AvgIpc) is 2.99. The van der Waals surface area contributed by atoms with Gasteiger partial charge in [0, 0.05) is 13.1 Å². The van der Waals surface area contributed by atoms with E-state index in [-0.39, 0.29) is 29.8 Å². The van der Waals surface area contributed by atoms with Crippen LogP contribution in [0.3, 0.4) is 0 Å². The third-order valence-corrected chi connectivity index (χ3v) is 7.65. The van der Waals surface area contributed by atoms with Gasteiger partial charge in [-0.2, -0.15) is 0 Å². The van der Waals surface area contributed by atoms with E-state index in [1.807, 2.05) is 0 Å². The lowest BCUT2D eigenvalue weighted by atomic mass is 9.74. The zero-order valence-corrected chi connectivity index (χ0v) is 17.2. The number of halogens is 1. The first-order valence-electron chi connectivity index (χ1n) is 10.7. The first-order chi connectivity index (χ1) is 14.0. The fourth-order valence-electron chi connectivity index (χ4n) is 5.79. The van der Waals surface area contributed by atoms with Gasteiger partial charge in [-0.1, -0.05) is 31.4 Å². The van der Waals surface area contributed by atoms with E-state index in [0.717, 1.165) is 17.2 Å². The van der Waals surface area contributed by atoms with E-state index in [9.17, 15) is 14.3 Å². The molecule has 5 atom stereocenters. The summed E-state index contributed by atoms with van der Waals surface area (Å²) in [6.07, 6.45) is 5.44. The summed E-state index contributed by atoms with van der Waals surface area (Å²) in [6.45, 7) is 1.39. The summed E-state index contributed by atoms with van der Waals surface area (Å²) in [7, 11) is 0. The Kier molecular flexibility index (Phi) is 4.98. The van der Waals surface area contributed by atoms with Gasteiger partial charge in [-0.25, -0.2) is 4.39 Å². The maximum Gasteiger partial charge on any atom is 0.311 e. The van der Waals surface area contributed by atoms with Crippen LogP contribution >= 0.6 is 12.2 Å². The van der Waals surface area contributed by atoms with Crippen LogP contribution in [-0.4, -0.2) is 56.8 Å². The number of fused-ring (bicyclic) bond motifs is 2. The van der Waals surface area contributed by atoms with Crippen molar-refractivity contribution < 1.29 is 19.0 Å². The molecule has 7 heteroatoms. The van der Waals surface area contributed by atoms with Crippen LogP contribution in [0.25, 0.3) is 0 Å². The van der Waals surface area contributed by atoms with Gasteiger partial charge in [-0.15, -0.1) is 0 Å². The number of thiocarbonyl (C=S) groups is 1. The quantitative estimate of drug-likeness (QED) is 0.600. The molecule has 2 aliphatic carbocycles. The van der Waals surface area contributed by atoms with Crippen LogP contribution in [0.4, 0.5) is 4.39 Å². The Bertz CT molecular complexity index is 798. The molecule has 5 nitrogen and oxygen atoms in total. The number of ether oxygens (including phenoxy) is 1. The number of rotatable bonds is 4. The maximum atomic E-state index is 13.3. The summed E-state index contributed by atoms with van der Waals surface area (Å²) in [6, 6.07) is 6.24. The SMILES string of the molecule is O=C1O[C@@H]2[C@H]3[C@@H]([C@@H]1C[C@H]2O)N(CC1CCCCC1)C(=S)N3Cc1ccc(F)cc1. The molecule has 3 saturated heterocycles. The molecular weight excluding hydrogens is 391 g/mol. The summed E-state index contributed by atoms with van der Waals surface area (Å²) < 4.78 is 19.0. The van der Waals surface area contributed by atoms with Crippen molar-refractivity contribution in [2.75, 3.05) is 6.54 Å². The number of hydrogen-bond acceptors (Lipinski definition) is 4. The fraction of sp³-hybridized carbons (Fsp3) is 0.636. The Hall–Kier alpha value is -1.73. The number of esters is 1. The molecule has 5 fully saturated rings. The second kappa shape index (κ2) is 7.51. The summed E-state index contributed by atoms with van der Waals surface area (Å²) in [5, 5.41) is 11.3. The number of benzene rings is 1. The van der Waals surface area contributed by atoms with Gasteiger partial charge in [0.1, 0.15) is 11.9 Å². The number of carbonyl (C=O) groups is 1. The number of aliphatic hydroxyl groups is 1. The minimum absolute atomic E-state index is 0.0421. The molecule has 0 radical (unpaired) electrons. The van der Waals surface area contributed by atoms with Crippen LogP contribution in [-0.2, 0) is 16.1 Å². The first kappa shape index (κ1) is 19.2. The summed E-state index contributed by atoms with van der Waals surface area (Å²) in [5.74, 6) is -0.230. The van der Waals surface area contributed by atoms with Crippen molar-refractivity contribution in [1.82, 2.24) is 9.80 Å². The molecule has 0 aromatic heterocycles. The van der Waals surface area contributed by atoms with E-state index in [1.165, 1.54) is 44.2 Å². The second-order valence-corrected chi connectivity index (χ2v) is 9.35. The molecule has 0 spiro atoms. The predicted molar refractivity (Wildman–Crippen MR) is 109 cm³/mol. The Morgan fingerprint density at radius 3 is 2.55 bits per heavy atom. The lowest BCUT2D eigenvalue weighted by molar-refractivity contribution is -0.199. The molecule has 156 valence electrons. The van der Waals surface area contributed by atoms with E-state index < -0.39 is 12.2 Å². The molecule has 2 bridgehead atoms. The van der Waals surface area contributed by atoms with Gasteiger partial charge >= 0.3 is 5.97 Å². The highest BCUT2D eigenvalue weighted by molar-refractivity contribution is 7.80. The molecule has 2 saturated carbocycles. The van der Waals surface area contributed by atoms with Crippen molar-refractivity contribution in [2.45, 2.75) is 69.4 Å². The van der Waals surface area contributed by atoms with Crippen molar-refractivity contribution >= 4 is 23.3 Å². The highest BCUT2D eigenvalue weighted by atomic mass is 32.1. The van der Waals surface area contributed by atoms with Crippen LogP contribution in [0.15, 0.2) is 24.3 Å². The first-order valence-corrected chi connectivity index (χ1v) is 11.1. The zero-order chi connectivity index (χ0) is 20.1. The predicted octanol–water partition coefficient (Wildman–Crippen LogP) is 2.85. The highest BCUT2D eigenvalue weighted by Gasteiger charge is 2.62. The van der Waals surface area contributed by atoms with Crippen LogP contribution in [0.5, 0.6) is 0 Å². The lowest BCUT2D eigenvalue weighted by Crippen LogP contribution is -2.66. The minimum atomic E-state index is -0.660. The highest BCUT2D eigenvalue weighted by Crippen LogP contribution is 2.45. The molecule has 6 rings (SSSR count). The number of nitrogens with zero attached hydrogens (tertiary/aromatic N) is 2. The Morgan fingerprint density at radius 1 is 1.10 bits per heavy atom.